The number of aryl methyl sites for hydroxylation is 1. The van der Waals surface area contributed by atoms with Crippen LogP contribution in [0.4, 0.5) is 5.69 Å². The third kappa shape index (κ3) is 2.72. The van der Waals surface area contributed by atoms with Gasteiger partial charge in [-0.3, -0.25) is 4.79 Å². The molecule has 0 bridgehead atoms. The van der Waals surface area contributed by atoms with Crippen molar-refractivity contribution < 1.29 is 14.4 Å². The van der Waals surface area contributed by atoms with Gasteiger partial charge in [0, 0.05) is 5.39 Å². The van der Waals surface area contributed by atoms with Crippen LogP contribution in [0.3, 0.4) is 0 Å². The number of anilines is 1. The first-order valence-electron chi connectivity index (χ1n) is 6.56. The van der Waals surface area contributed by atoms with Crippen LogP contribution in [-0.2, 0) is 11.2 Å². The Hall–Kier alpha value is -2.82. The second kappa shape index (κ2) is 5.28. The molecule has 0 aliphatic rings. The molecular formula is C16H14N2O3. The second-order valence-electron chi connectivity index (χ2n) is 4.87. The molecule has 2 N–H and O–H groups in total. The van der Waals surface area contributed by atoms with Gasteiger partial charge in [-0.15, -0.1) is 0 Å². The Kier molecular flexibility index (Phi) is 3.31. The number of hydrogen-bond donors (Lipinski definition) is 2. The lowest BCUT2D eigenvalue weighted by molar-refractivity contribution is -0.115. The summed E-state index contributed by atoms with van der Waals surface area (Å²) >= 11 is 0. The van der Waals surface area contributed by atoms with Gasteiger partial charge in [-0.25, -0.2) is 0 Å². The van der Waals surface area contributed by atoms with Crippen molar-refractivity contribution in [2.75, 3.05) is 5.32 Å². The minimum Gasteiger partial charge on any atom is -0.506 e. The molecule has 3 rings (SSSR count). The van der Waals surface area contributed by atoms with Gasteiger partial charge < -0.3 is 14.9 Å². The Morgan fingerprint density at radius 2 is 2.10 bits per heavy atom. The van der Waals surface area contributed by atoms with E-state index >= 15 is 0 Å². The maximum Gasteiger partial charge on any atom is 0.230 e. The van der Waals surface area contributed by atoms with Crippen molar-refractivity contribution in [1.29, 1.82) is 0 Å². The van der Waals surface area contributed by atoms with E-state index in [1.807, 2.05) is 25.1 Å². The molecule has 5 nitrogen and oxygen atoms in total. The van der Waals surface area contributed by atoms with Crippen molar-refractivity contribution >= 4 is 22.6 Å². The molecule has 0 aliphatic heterocycles. The number of para-hydroxylation sites is 2. The summed E-state index contributed by atoms with van der Waals surface area (Å²) in [7, 11) is 0. The molecule has 0 fully saturated rings. The number of aromatic nitrogens is 1. The highest BCUT2D eigenvalue weighted by molar-refractivity contribution is 5.95. The number of nitrogens with zero attached hydrogens (tertiary/aromatic N) is 1. The van der Waals surface area contributed by atoms with Gasteiger partial charge in [-0.2, -0.15) is 0 Å². The van der Waals surface area contributed by atoms with Crippen molar-refractivity contribution in [3.63, 3.8) is 0 Å². The van der Waals surface area contributed by atoms with Crippen molar-refractivity contribution in [1.82, 2.24) is 5.16 Å². The normalized spacial score (nSPS) is 10.7. The predicted molar refractivity (Wildman–Crippen MR) is 79.2 cm³/mol. The zero-order valence-corrected chi connectivity index (χ0v) is 11.5. The van der Waals surface area contributed by atoms with Gasteiger partial charge >= 0.3 is 0 Å². The number of phenolic OH excluding ortho intramolecular Hbond substituents is 1. The number of carbonyl (C=O) groups is 1. The predicted octanol–water partition coefficient (Wildman–Crippen LogP) is 3.02. The molecule has 21 heavy (non-hydrogen) atoms. The average Bonchev–Trinajstić information content (AvgIpc) is 2.84. The summed E-state index contributed by atoms with van der Waals surface area (Å²) in [5.41, 5.74) is 2.70. The monoisotopic (exact) mass is 282 g/mol. The topological polar surface area (TPSA) is 75.4 Å². The van der Waals surface area contributed by atoms with Crippen LogP contribution in [-0.4, -0.2) is 16.2 Å². The van der Waals surface area contributed by atoms with Gasteiger partial charge in [0.05, 0.1) is 12.1 Å². The number of amides is 1. The summed E-state index contributed by atoms with van der Waals surface area (Å²) in [5, 5.41) is 17.1. The van der Waals surface area contributed by atoms with E-state index in [1.54, 1.807) is 18.2 Å². The molecule has 1 heterocycles. The van der Waals surface area contributed by atoms with Crippen LogP contribution in [0.15, 0.2) is 47.0 Å². The molecule has 0 aliphatic carbocycles. The van der Waals surface area contributed by atoms with Gasteiger partial charge in [0.25, 0.3) is 0 Å². The molecule has 5 heteroatoms. The fourth-order valence-corrected chi connectivity index (χ4v) is 2.16. The number of phenols is 1. The summed E-state index contributed by atoms with van der Waals surface area (Å²) in [6.45, 7) is 1.97. The summed E-state index contributed by atoms with van der Waals surface area (Å²) in [5.74, 6) is -0.222. The van der Waals surface area contributed by atoms with Crippen LogP contribution in [0, 0.1) is 6.92 Å². The number of benzene rings is 2. The van der Waals surface area contributed by atoms with Gasteiger partial charge in [0.1, 0.15) is 11.4 Å². The number of fused-ring (bicyclic) bond motifs is 1. The highest BCUT2D eigenvalue weighted by atomic mass is 16.5. The Morgan fingerprint density at radius 3 is 2.90 bits per heavy atom. The molecule has 0 spiro atoms. The molecule has 0 unspecified atom stereocenters. The Bertz CT molecular complexity index is 808. The van der Waals surface area contributed by atoms with E-state index in [0.29, 0.717) is 17.0 Å². The molecule has 0 radical (unpaired) electrons. The lowest BCUT2D eigenvalue weighted by Gasteiger charge is -2.05. The highest BCUT2D eigenvalue weighted by Crippen LogP contribution is 2.23. The Balaban J connectivity index is 1.80. The van der Waals surface area contributed by atoms with E-state index in [1.165, 1.54) is 6.07 Å². The van der Waals surface area contributed by atoms with Gasteiger partial charge in [0.15, 0.2) is 5.58 Å². The molecule has 0 saturated heterocycles. The van der Waals surface area contributed by atoms with Crippen LogP contribution in [0.5, 0.6) is 5.75 Å². The van der Waals surface area contributed by atoms with E-state index in [-0.39, 0.29) is 18.1 Å². The number of nitrogens with one attached hydrogen (secondary N) is 1. The zero-order valence-electron chi connectivity index (χ0n) is 11.5. The second-order valence-corrected chi connectivity index (χ2v) is 4.87. The van der Waals surface area contributed by atoms with E-state index in [4.69, 9.17) is 4.52 Å². The molecule has 1 amide bonds. The largest absolute Gasteiger partial charge is 0.506 e. The maximum absolute atomic E-state index is 12.1. The van der Waals surface area contributed by atoms with Crippen molar-refractivity contribution in [2.45, 2.75) is 13.3 Å². The fraction of sp³-hybridized carbons (Fsp3) is 0.125. The number of rotatable bonds is 3. The van der Waals surface area contributed by atoms with Crippen LogP contribution < -0.4 is 5.32 Å². The standard InChI is InChI=1S/C16H14N2O3/c1-10-6-7-15-11(8-10)13(18-21-15)9-16(20)17-12-4-2-3-5-14(12)19/h2-8,19H,9H2,1H3,(H,17,20). The number of hydrogen-bond acceptors (Lipinski definition) is 4. The van der Waals surface area contributed by atoms with E-state index < -0.39 is 0 Å². The third-order valence-electron chi connectivity index (χ3n) is 3.21. The zero-order chi connectivity index (χ0) is 14.8. The number of carbonyl (C=O) groups excluding carboxylic acids is 1. The first-order chi connectivity index (χ1) is 10.1. The molecular weight excluding hydrogens is 268 g/mol. The quantitative estimate of drug-likeness (QED) is 0.724. The smallest absolute Gasteiger partial charge is 0.230 e. The fourth-order valence-electron chi connectivity index (χ4n) is 2.16. The molecule has 106 valence electrons. The summed E-state index contributed by atoms with van der Waals surface area (Å²) in [4.78, 5) is 12.1. The lowest BCUT2D eigenvalue weighted by atomic mass is 10.1. The third-order valence-corrected chi connectivity index (χ3v) is 3.21. The molecule has 2 aromatic carbocycles. The minimum absolute atomic E-state index is 0.0340. The van der Waals surface area contributed by atoms with Gasteiger partial charge in [0.2, 0.25) is 5.91 Å². The van der Waals surface area contributed by atoms with E-state index in [9.17, 15) is 9.90 Å². The minimum atomic E-state index is -0.256. The van der Waals surface area contributed by atoms with Crippen LogP contribution >= 0.6 is 0 Å². The maximum atomic E-state index is 12.1. The van der Waals surface area contributed by atoms with Crippen molar-refractivity contribution in [3.05, 3.63) is 53.7 Å². The molecule has 3 aromatic rings. The first-order valence-corrected chi connectivity index (χ1v) is 6.56. The van der Waals surface area contributed by atoms with Gasteiger partial charge in [-0.1, -0.05) is 28.9 Å². The summed E-state index contributed by atoms with van der Waals surface area (Å²) < 4.78 is 5.20. The number of aromatic hydroxyl groups is 1. The molecule has 1 aromatic heterocycles. The summed E-state index contributed by atoms with van der Waals surface area (Å²) in [6, 6.07) is 12.3. The van der Waals surface area contributed by atoms with Crippen molar-refractivity contribution in [3.8, 4) is 5.75 Å². The highest BCUT2D eigenvalue weighted by Gasteiger charge is 2.13. The SMILES string of the molecule is Cc1ccc2onc(CC(=O)Nc3ccccc3O)c2c1. The molecule has 0 atom stereocenters. The van der Waals surface area contributed by atoms with Crippen molar-refractivity contribution in [2.24, 2.45) is 0 Å². The van der Waals surface area contributed by atoms with Crippen LogP contribution in [0.25, 0.3) is 11.0 Å². The van der Waals surface area contributed by atoms with Crippen LogP contribution in [0.1, 0.15) is 11.3 Å². The Morgan fingerprint density at radius 1 is 1.29 bits per heavy atom. The molecule has 0 saturated carbocycles. The van der Waals surface area contributed by atoms with Crippen LogP contribution in [0.2, 0.25) is 0 Å². The van der Waals surface area contributed by atoms with E-state index in [0.717, 1.165) is 10.9 Å². The lowest BCUT2D eigenvalue weighted by Crippen LogP contribution is -2.14. The first kappa shape index (κ1) is 13.2. The average molecular weight is 282 g/mol. The van der Waals surface area contributed by atoms with Gasteiger partial charge in [-0.05, 0) is 31.2 Å². The Labute approximate surface area is 121 Å². The van der Waals surface area contributed by atoms with E-state index in [2.05, 4.69) is 10.5 Å². The summed E-state index contributed by atoms with van der Waals surface area (Å²) in [6.07, 6.45) is 0.0881.